The minimum Gasteiger partial charge on any atom is -0.487 e. The zero-order valence-electron chi connectivity index (χ0n) is 19.9. The lowest BCUT2D eigenvalue weighted by molar-refractivity contribution is 0.0956. The fraction of sp³-hybridized carbons (Fsp3) is 0.0333. The zero-order chi connectivity index (χ0) is 26.5. The van der Waals surface area contributed by atoms with E-state index in [0.717, 1.165) is 42.2 Å². The second-order valence-electron chi connectivity index (χ2n) is 8.37. The summed E-state index contributed by atoms with van der Waals surface area (Å²) in [5.74, 6) is 0.343. The van der Waals surface area contributed by atoms with Crippen molar-refractivity contribution in [1.29, 1.82) is 0 Å². The van der Waals surface area contributed by atoms with Crippen LogP contribution in [0.25, 0.3) is 22.2 Å². The second-order valence-corrected chi connectivity index (χ2v) is 10.5. The Bertz CT molecular complexity index is 1620. The molecule has 0 spiro atoms. The van der Waals surface area contributed by atoms with Gasteiger partial charge in [-0.2, -0.15) is 5.10 Å². The van der Waals surface area contributed by atoms with Gasteiger partial charge in [-0.3, -0.25) is 4.79 Å². The first-order chi connectivity index (χ1) is 18.5. The molecule has 0 radical (unpaired) electrons. The molecule has 0 aliphatic heterocycles. The minimum absolute atomic E-state index is 0.321. The number of rotatable bonds is 7. The Morgan fingerprint density at radius 2 is 1.61 bits per heavy atom. The van der Waals surface area contributed by atoms with Crippen LogP contribution in [0.1, 0.15) is 21.5 Å². The standard InChI is InChI=1S/C30H20Br2ClN3O2/c31-25-14-20(15-26(32)29(25)38-18-19-10-12-22(33)13-11-19)17-34-36-30(37)24-16-28(21-6-2-1-3-7-21)35-27-9-5-4-8-23(24)27/h1-17H,18H2,(H,36,37)/b34-17+. The number of halogens is 3. The maximum Gasteiger partial charge on any atom is 0.272 e. The van der Waals surface area contributed by atoms with E-state index in [1.807, 2.05) is 91.0 Å². The normalized spacial score (nSPS) is 11.1. The minimum atomic E-state index is -0.321. The van der Waals surface area contributed by atoms with Gasteiger partial charge in [0.15, 0.2) is 0 Å². The summed E-state index contributed by atoms with van der Waals surface area (Å²) in [6.07, 6.45) is 1.58. The Kier molecular flexibility index (Phi) is 8.17. The summed E-state index contributed by atoms with van der Waals surface area (Å²) in [4.78, 5) is 17.9. The number of ether oxygens (including phenoxy) is 1. The van der Waals surface area contributed by atoms with Crippen LogP contribution in [0.5, 0.6) is 5.75 Å². The van der Waals surface area contributed by atoms with Crippen molar-refractivity contribution in [3.8, 4) is 17.0 Å². The molecule has 1 amide bonds. The number of amides is 1. The molecule has 0 atom stereocenters. The Morgan fingerprint density at radius 1 is 0.921 bits per heavy atom. The van der Waals surface area contributed by atoms with Gasteiger partial charge in [-0.25, -0.2) is 10.4 Å². The van der Waals surface area contributed by atoms with Crippen molar-refractivity contribution in [2.75, 3.05) is 0 Å². The number of aromatic nitrogens is 1. The lowest BCUT2D eigenvalue weighted by atomic mass is 10.0. The largest absolute Gasteiger partial charge is 0.487 e. The number of nitrogens with zero attached hydrogens (tertiary/aromatic N) is 2. The Labute approximate surface area is 241 Å². The van der Waals surface area contributed by atoms with Crippen LogP contribution >= 0.6 is 43.5 Å². The first-order valence-electron chi connectivity index (χ1n) is 11.6. The Hall–Kier alpha value is -3.52. The topological polar surface area (TPSA) is 63.6 Å². The van der Waals surface area contributed by atoms with Crippen molar-refractivity contribution in [3.63, 3.8) is 0 Å². The van der Waals surface area contributed by atoms with Crippen LogP contribution in [0.4, 0.5) is 0 Å². The van der Waals surface area contributed by atoms with E-state index in [-0.39, 0.29) is 5.91 Å². The number of hydrogen-bond donors (Lipinski definition) is 1. The van der Waals surface area contributed by atoms with E-state index in [4.69, 9.17) is 21.3 Å². The molecule has 0 bridgehead atoms. The highest BCUT2D eigenvalue weighted by Gasteiger charge is 2.14. The number of nitrogens with one attached hydrogen (secondary N) is 1. The molecule has 5 nitrogen and oxygen atoms in total. The highest BCUT2D eigenvalue weighted by Crippen LogP contribution is 2.35. The molecule has 0 fully saturated rings. The van der Waals surface area contributed by atoms with Crippen LogP contribution in [-0.2, 0) is 6.61 Å². The average Bonchev–Trinajstić information content (AvgIpc) is 2.93. The lowest BCUT2D eigenvalue weighted by Gasteiger charge is -2.11. The fourth-order valence-corrected chi connectivity index (χ4v) is 5.45. The number of para-hydroxylation sites is 1. The van der Waals surface area contributed by atoms with Crippen LogP contribution in [0.2, 0.25) is 5.02 Å². The number of carbonyl (C=O) groups excluding carboxylic acids is 1. The molecule has 5 rings (SSSR count). The van der Waals surface area contributed by atoms with Gasteiger partial charge in [0, 0.05) is 16.0 Å². The molecule has 5 aromatic rings. The zero-order valence-corrected chi connectivity index (χ0v) is 23.8. The third-order valence-electron chi connectivity index (χ3n) is 5.73. The van der Waals surface area contributed by atoms with Crippen LogP contribution < -0.4 is 10.2 Å². The Morgan fingerprint density at radius 3 is 2.34 bits per heavy atom. The number of carbonyl (C=O) groups is 1. The highest BCUT2D eigenvalue weighted by atomic mass is 79.9. The molecule has 0 aliphatic carbocycles. The van der Waals surface area contributed by atoms with E-state index < -0.39 is 0 Å². The van der Waals surface area contributed by atoms with Crippen molar-refractivity contribution in [2.45, 2.75) is 6.61 Å². The third kappa shape index (κ3) is 6.13. The van der Waals surface area contributed by atoms with E-state index in [2.05, 4.69) is 42.4 Å². The number of pyridine rings is 1. The highest BCUT2D eigenvalue weighted by molar-refractivity contribution is 9.11. The van der Waals surface area contributed by atoms with Gasteiger partial charge >= 0.3 is 0 Å². The number of fused-ring (bicyclic) bond motifs is 1. The molecule has 38 heavy (non-hydrogen) atoms. The first-order valence-corrected chi connectivity index (χ1v) is 13.6. The van der Waals surface area contributed by atoms with Crippen molar-refractivity contribution in [2.24, 2.45) is 5.10 Å². The van der Waals surface area contributed by atoms with Gasteiger partial charge in [-0.15, -0.1) is 0 Å². The van der Waals surface area contributed by atoms with E-state index in [1.165, 1.54) is 0 Å². The molecule has 1 N–H and O–H groups in total. The van der Waals surface area contributed by atoms with Gasteiger partial charge in [0.2, 0.25) is 0 Å². The van der Waals surface area contributed by atoms with Crippen molar-refractivity contribution in [3.05, 3.63) is 128 Å². The molecule has 0 unspecified atom stereocenters. The molecule has 0 saturated heterocycles. The molecule has 1 aromatic heterocycles. The van der Waals surface area contributed by atoms with E-state index >= 15 is 0 Å². The van der Waals surface area contributed by atoms with Crippen LogP contribution in [0.3, 0.4) is 0 Å². The molecule has 8 heteroatoms. The van der Waals surface area contributed by atoms with Gasteiger partial charge in [0.25, 0.3) is 5.91 Å². The quantitative estimate of drug-likeness (QED) is 0.142. The summed E-state index contributed by atoms with van der Waals surface area (Å²) in [5.41, 5.74) is 7.32. The first kappa shape index (κ1) is 26.1. The third-order valence-corrected chi connectivity index (χ3v) is 7.16. The van der Waals surface area contributed by atoms with Crippen molar-refractivity contribution >= 4 is 66.5 Å². The van der Waals surface area contributed by atoms with Gasteiger partial charge in [-0.05, 0) is 79.4 Å². The molecular formula is C30H20Br2ClN3O2. The monoisotopic (exact) mass is 647 g/mol. The summed E-state index contributed by atoms with van der Waals surface area (Å²) in [6, 6.07) is 30.4. The predicted octanol–water partition coefficient (Wildman–Crippen LogP) is 8.42. The maximum absolute atomic E-state index is 13.2. The SMILES string of the molecule is O=C(N/N=C/c1cc(Br)c(OCc2ccc(Cl)cc2)c(Br)c1)c1cc(-c2ccccc2)nc2ccccc12. The van der Waals surface area contributed by atoms with E-state index in [1.54, 1.807) is 12.3 Å². The summed E-state index contributed by atoms with van der Waals surface area (Å²) in [6.45, 7) is 0.392. The summed E-state index contributed by atoms with van der Waals surface area (Å²) >= 11 is 13.1. The lowest BCUT2D eigenvalue weighted by Crippen LogP contribution is -2.18. The average molecular weight is 650 g/mol. The summed E-state index contributed by atoms with van der Waals surface area (Å²) in [5, 5.41) is 5.64. The molecule has 0 saturated carbocycles. The number of hydrogen-bond acceptors (Lipinski definition) is 4. The molecule has 1 heterocycles. The molecule has 0 aliphatic rings. The molecule has 4 aromatic carbocycles. The van der Waals surface area contributed by atoms with E-state index in [0.29, 0.717) is 22.9 Å². The van der Waals surface area contributed by atoms with Crippen LogP contribution in [-0.4, -0.2) is 17.1 Å². The maximum atomic E-state index is 13.2. The van der Waals surface area contributed by atoms with Crippen molar-refractivity contribution in [1.82, 2.24) is 10.4 Å². The molecule has 188 valence electrons. The van der Waals surface area contributed by atoms with Gasteiger partial charge < -0.3 is 4.74 Å². The van der Waals surface area contributed by atoms with Crippen LogP contribution in [0, 0.1) is 0 Å². The van der Waals surface area contributed by atoms with Gasteiger partial charge in [0.05, 0.1) is 31.9 Å². The smallest absolute Gasteiger partial charge is 0.272 e. The number of hydrazone groups is 1. The van der Waals surface area contributed by atoms with Gasteiger partial charge in [0.1, 0.15) is 12.4 Å². The predicted molar refractivity (Wildman–Crippen MR) is 160 cm³/mol. The summed E-state index contributed by atoms with van der Waals surface area (Å²) < 4.78 is 7.48. The van der Waals surface area contributed by atoms with E-state index in [9.17, 15) is 4.79 Å². The van der Waals surface area contributed by atoms with Crippen LogP contribution in [0.15, 0.2) is 111 Å². The van der Waals surface area contributed by atoms with Gasteiger partial charge in [-0.1, -0.05) is 72.3 Å². The second kappa shape index (κ2) is 11.9. The number of benzene rings is 4. The van der Waals surface area contributed by atoms with Crippen molar-refractivity contribution < 1.29 is 9.53 Å². The molecular weight excluding hydrogens is 630 g/mol. The Balaban J connectivity index is 1.32. The summed E-state index contributed by atoms with van der Waals surface area (Å²) in [7, 11) is 0. The fourth-order valence-electron chi connectivity index (χ4n) is 3.87.